The normalized spacial score (nSPS) is 19.9. The number of nitriles is 1. The van der Waals surface area contributed by atoms with Crippen molar-refractivity contribution in [1.82, 2.24) is 25.2 Å². The highest BCUT2D eigenvalue weighted by atomic mass is 15.3. The van der Waals surface area contributed by atoms with E-state index in [0.717, 1.165) is 13.1 Å². The zero-order valence-corrected chi connectivity index (χ0v) is 11.2. The van der Waals surface area contributed by atoms with Crippen LogP contribution in [0.15, 0.2) is 0 Å². The minimum absolute atomic E-state index is 0.158. The van der Waals surface area contributed by atoms with Crippen LogP contribution in [0.25, 0.3) is 0 Å². The first kappa shape index (κ1) is 13.5. The lowest BCUT2D eigenvalue weighted by molar-refractivity contribution is 0.185. The maximum absolute atomic E-state index is 9.12. The molecule has 8 heteroatoms. The second-order valence-electron chi connectivity index (χ2n) is 4.62. The fourth-order valence-corrected chi connectivity index (χ4v) is 1.94. The molecule has 2 rings (SSSR count). The molecule has 1 aromatic heterocycles. The molecule has 1 fully saturated rings. The highest BCUT2D eigenvalue weighted by Gasteiger charge is 2.23. The lowest BCUT2D eigenvalue weighted by Crippen LogP contribution is -2.50. The molecule has 2 heterocycles. The standard InChI is InChI=1S/C11H18N8/c1-18(2)11-16-9(15-10(13)17-11)7-19-4-3-14-6-8(19)5-12/h8,14H,3-4,6-7H2,1-2H3,(H2,13,15,16,17). The van der Waals surface area contributed by atoms with Gasteiger partial charge in [0, 0.05) is 33.7 Å². The second kappa shape index (κ2) is 5.77. The molecule has 1 atom stereocenters. The quantitative estimate of drug-likeness (QED) is 0.701. The summed E-state index contributed by atoms with van der Waals surface area (Å²) >= 11 is 0. The van der Waals surface area contributed by atoms with Crippen molar-refractivity contribution in [3.8, 4) is 6.07 Å². The van der Waals surface area contributed by atoms with Gasteiger partial charge >= 0.3 is 0 Å². The minimum atomic E-state index is -0.158. The molecule has 1 saturated heterocycles. The number of nitrogens with two attached hydrogens (primary N) is 1. The summed E-state index contributed by atoms with van der Waals surface area (Å²) in [5.41, 5.74) is 5.68. The molecule has 0 aliphatic carbocycles. The number of nitrogens with zero attached hydrogens (tertiary/aromatic N) is 6. The predicted molar refractivity (Wildman–Crippen MR) is 71.2 cm³/mol. The van der Waals surface area contributed by atoms with Gasteiger partial charge in [-0.15, -0.1) is 0 Å². The van der Waals surface area contributed by atoms with Crippen molar-refractivity contribution in [2.24, 2.45) is 0 Å². The van der Waals surface area contributed by atoms with E-state index in [4.69, 9.17) is 11.0 Å². The van der Waals surface area contributed by atoms with Crippen LogP contribution in [0.1, 0.15) is 5.82 Å². The molecule has 102 valence electrons. The van der Waals surface area contributed by atoms with Crippen molar-refractivity contribution in [2.45, 2.75) is 12.6 Å². The molecular formula is C11H18N8. The number of hydrogen-bond donors (Lipinski definition) is 2. The van der Waals surface area contributed by atoms with E-state index in [1.807, 2.05) is 19.0 Å². The Balaban J connectivity index is 2.16. The Morgan fingerprint density at radius 2 is 2.26 bits per heavy atom. The molecule has 0 bridgehead atoms. The second-order valence-corrected chi connectivity index (χ2v) is 4.62. The van der Waals surface area contributed by atoms with Gasteiger partial charge in [-0.05, 0) is 0 Å². The van der Waals surface area contributed by atoms with Crippen LogP contribution in [0.3, 0.4) is 0 Å². The van der Waals surface area contributed by atoms with Crippen LogP contribution in [-0.4, -0.2) is 59.6 Å². The predicted octanol–water partition coefficient (Wildman–Crippen LogP) is -1.18. The first-order chi connectivity index (χ1) is 9.10. The molecule has 0 radical (unpaired) electrons. The Morgan fingerprint density at radius 3 is 2.95 bits per heavy atom. The van der Waals surface area contributed by atoms with Crippen LogP contribution in [0, 0.1) is 11.3 Å². The summed E-state index contributed by atoms with van der Waals surface area (Å²) < 4.78 is 0. The van der Waals surface area contributed by atoms with E-state index >= 15 is 0 Å². The van der Waals surface area contributed by atoms with Gasteiger partial charge in [-0.3, -0.25) is 4.90 Å². The van der Waals surface area contributed by atoms with Gasteiger partial charge in [0.1, 0.15) is 11.9 Å². The summed E-state index contributed by atoms with van der Waals surface area (Å²) in [5.74, 6) is 1.34. The number of rotatable bonds is 3. The fourth-order valence-electron chi connectivity index (χ4n) is 1.94. The highest BCUT2D eigenvalue weighted by Crippen LogP contribution is 2.10. The van der Waals surface area contributed by atoms with E-state index in [0.29, 0.717) is 24.9 Å². The average Bonchev–Trinajstić information content (AvgIpc) is 2.38. The van der Waals surface area contributed by atoms with Crippen LogP contribution in [0.5, 0.6) is 0 Å². The zero-order valence-electron chi connectivity index (χ0n) is 11.2. The molecule has 0 spiro atoms. The SMILES string of the molecule is CN(C)c1nc(N)nc(CN2CCNCC2C#N)n1. The van der Waals surface area contributed by atoms with Crippen LogP contribution < -0.4 is 16.0 Å². The fraction of sp³-hybridized carbons (Fsp3) is 0.636. The van der Waals surface area contributed by atoms with Crippen molar-refractivity contribution in [3.05, 3.63) is 5.82 Å². The highest BCUT2D eigenvalue weighted by molar-refractivity contribution is 5.32. The molecule has 1 aliphatic rings. The maximum Gasteiger partial charge on any atom is 0.229 e. The Labute approximate surface area is 112 Å². The average molecular weight is 262 g/mol. The Kier molecular flexibility index (Phi) is 4.09. The number of hydrogen-bond acceptors (Lipinski definition) is 8. The van der Waals surface area contributed by atoms with Gasteiger partial charge in [0.15, 0.2) is 0 Å². The lowest BCUT2D eigenvalue weighted by Gasteiger charge is -2.31. The summed E-state index contributed by atoms with van der Waals surface area (Å²) in [6.45, 7) is 2.82. The monoisotopic (exact) mass is 262 g/mol. The third-order valence-corrected chi connectivity index (χ3v) is 2.94. The first-order valence-corrected chi connectivity index (χ1v) is 6.12. The third-order valence-electron chi connectivity index (χ3n) is 2.94. The molecular weight excluding hydrogens is 244 g/mol. The summed E-state index contributed by atoms with van der Waals surface area (Å²) in [7, 11) is 3.70. The van der Waals surface area contributed by atoms with E-state index < -0.39 is 0 Å². The lowest BCUT2D eigenvalue weighted by atomic mass is 10.2. The molecule has 0 amide bonds. The molecule has 1 aliphatic heterocycles. The summed E-state index contributed by atoms with van der Waals surface area (Å²) in [5, 5.41) is 12.3. The Hall–Kier alpha value is -1.98. The molecule has 19 heavy (non-hydrogen) atoms. The van der Waals surface area contributed by atoms with Crippen molar-refractivity contribution >= 4 is 11.9 Å². The van der Waals surface area contributed by atoms with E-state index in [2.05, 4.69) is 26.3 Å². The van der Waals surface area contributed by atoms with E-state index in [-0.39, 0.29) is 12.0 Å². The van der Waals surface area contributed by atoms with Gasteiger partial charge in [-0.2, -0.15) is 20.2 Å². The van der Waals surface area contributed by atoms with Crippen LogP contribution in [-0.2, 0) is 6.54 Å². The summed E-state index contributed by atoms with van der Waals surface area (Å²) in [4.78, 5) is 16.4. The van der Waals surface area contributed by atoms with Gasteiger partial charge < -0.3 is 16.0 Å². The van der Waals surface area contributed by atoms with E-state index in [1.54, 1.807) is 4.90 Å². The Bertz CT molecular complexity index is 480. The van der Waals surface area contributed by atoms with Crippen LogP contribution in [0.2, 0.25) is 0 Å². The van der Waals surface area contributed by atoms with Crippen molar-refractivity contribution in [2.75, 3.05) is 44.4 Å². The number of anilines is 2. The van der Waals surface area contributed by atoms with Gasteiger partial charge in [0.25, 0.3) is 0 Å². The number of piperazine rings is 1. The first-order valence-electron chi connectivity index (χ1n) is 6.12. The van der Waals surface area contributed by atoms with Crippen molar-refractivity contribution in [3.63, 3.8) is 0 Å². The third kappa shape index (κ3) is 3.27. The molecule has 3 N–H and O–H groups in total. The van der Waals surface area contributed by atoms with Gasteiger partial charge in [-0.25, -0.2) is 0 Å². The van der Waals surface area contributed by atoms with Crippen molar-refractivity contribution in [1.29, 1.82) is 5.26 Å². The molecule has 0 saturated carbocycles. The van der Waals surface area contributed by atoms with Gasteiger partial charge in [-0.1, -0.05) is 0 Å². The van der Waals surface area contributed by atoms with E-state index in [1.165, 1.54) is 0 Å². The minimum Gasteiger partial charge on any atom is -0.368 e. The molecule has 0 aromatic carbocycles. The summed E-state index contributed by atoms with van der Waals surface area (Å²) in [6, 6.07) is 2.12. The van der Waals surface area contributed by atoms with Crippen molar-refractivity contribution < 1.29 is 0 Å². The topological polar surface area (TPSA) is 107 Å². The Morgan fingerprint density at radius 1 is 1.47 bits per heavy atom. The van der Waals surface area contributed by atoms with E-state index in [9.17, 15) is 0 Å². The number of nitrogens with one attached hydrogen (secondary N) is 1. The molecule has 1 unspecified atom stereocenters. The zero-order chi connectivity index (χ0) is 13.8. The largest absolute Gasteiger partial charge is 0.368 e. The smallest absolute Gasteiger partial charge is 0.229 e. The van der Waals surface area contributed by atoms with Gasteiger partial charge in [0.2, 0.25) is 11.9 Å². The van der Waals surface area contributed by atoms with Crippen LogP contribution >= 0.6 is 0 Å². The number of nitrogen functional groups attached to an aromatic ring is 1. The van der Waals surface area contributed by atoms with Crippen LogP contribution in [0.4, 0.5) is 11.9 Å². The number of aromatic nitrogens is 3. The molecule has 1 aromatic rings. The van der Waals surface area contributed by atoms with Gasteiger partial charge in [0.05, 0.1) is 12.6 Å². The maximum atomic E-state index is 9.12. The summed E-state index contributed by atoms with van der Waals surface area (Å²) in [6.07, 6.45) is 0. The molecule has 8 nitrogen and oxygen atoms in total.